The summed E-state index contributed by atoms with van der Waals surface area (Å²) in [5.74, 6) is 0.0385. The number of fused-ring (bicyclic) bond motifs is 1. The molecular formula is C15H15FN2O3. The smallest absolute Gasteiger partial charge is 0.265 e. The molecule has 1 aromatic carbocycles. The molecule has 1 unspecified atom stereocenters. The van der Waals surface area contributed by atoms with Gasteiger partial charge in [-0.15, -0.1) is 0 Å². The maximum atomic E-state index is 13.2. The zero-order chi connectivity index (χ0) is 14.6. The Hall–Kier alpha value is -2.11. The second-order valence-corrected chi connectivity index (χ2v) is 5.83. The predicted molar refractivity (Wildman–Crippen MR) is 71.0 cm³/mol. The fourth-order valence-electron chi connectivity index (χ4n) is 2.98. The highest BCUT2D eigenvalue weighted by molar-refractivity contribution is 5.90. The van der Waals surface area contributed by atoms with Crippen molar-refractivity contribution in [1.82, 2.24) is 9.80 Å². The van der Waals surface area contributed by atoms with Crippen LogP contribution in [0.3, 0.4) is 0 Å². The lowest BCUT2D eigenvalue weighted by molar-refractivity contribution is -0.137. The number of carbonyl (C=O) groups excluding carboxylic acids is 2. The van der Waals surface area contributed by atoms with Crippen molar-refractivity contribution in [3.8, 4) is 5.75 Å². The molecule has 5 nitrogen and oxygen atoms in total. The largest absolute Gasteiger partial charge is 0.480 e. The van der Waals surface area contributed by atoms with Crippen LogP contribution in [0.5, 0.6) is 5.75 Å². The van der Waals surface area contributed by atoms with Crippen LogP contribution >= 0.6 is 0 Å². The van der Waals surface area contributed by atoms with Crippen LogP contribution in [0, 0.1) is 5.82 Å². The van der Waals surface area contributed by atoms with Gasteiger partial charge in [0.1, 0.15) is 18.1 Å². The zero-order valence-electron chi connectivity index (χ0n) is 11.4. The average Bonchev–Trinajstić information content (AvgIpc) is 3.10. The SMILES string of the molecule is O=C(C1Cc2cc(F)ccc2O1)N1CC(=O)N(C2CC2)C1. The minimum absolute atomic E-state index is 0.00686. The molecule has 2 heterocycles. The van der Waals surface area contributed by atoms with E-state index in [1.54, 1.807) is 11.0 Å². The quantitative estimate of drug-likeness (QED) is 0.814. The summed E-state index contributed by atoms with van der Waals surface area (Å²) in [6.07, 6.45) is 1.77. The van der Waals surface area contributed by atoms with Crippen molar-refractivity contribution in [3.63, 3.8) is 0 Å². The Labute approximate surface area is 121 Å². The lowest BCUT2D eigenvalue weighted by Crippen LogP contribution is -2.41. The molecule has 1 atom stereocenters. The van der Waals surface area contributed by atoms with Crippen molar-refractivity contribution in [3.05, 3.63) is 29.6 Å². The Bertz CT molecular complexity index is 629. The maximum Gasteiger partial charge on any atom is 0.265 e. The number of carbonyl (C=O) groups is 2. The normalized spacial score (nSPS) is 24.2. The molecule has 6 heteroatoms. The molecule has 4 rings (SSSR count). The van der Waals surface area contributed by atoms with E-state index in [4.69, 9.17) is 4.74 Å². The minimum Gasteiger partial charge on any atom is -0.480 e. The van der Waals surface area contributed by atoms with E-state index in [1.807, 2.05) is 0 Å². The number of rotatable bonds is 2. The summed E-state index contributed by atoms with van der Waals surface area (Å²) in [6.45, 7) is 0.479. The van der Waals surface area contributed by atoms with E-state index in [1.165, 1.54) is 17.0 Å². The number of ether oxygens (including phenoxy) is 1. The van der Waals surface area contributed by atoms with Crippen LogP contribution in [0.4, 0.5) is 4.39 Å². The van der Waals surface area contributed by atoms with Gasteiger partial charge in [0.15, 0.2) is 6.10 Å². The molecule has 1 saturated heterocycles. The topological polar surface area (TPSA) is 49.9 Å². The first kappa shape index (κ1) is 12.6. The number of benzene rings is 1. The van der Waals surface area contributed by atoms with Crippen molar-refractivity contribution in [2.75, 3.05) is 13.2 Å². The molecule has 0 aromatic heterocycles. The van der Waals surface area contributed by atoms with Gasteiger partial charge >= 0.3 is 0 Å². The van der Waals surface area contributed by atoms with Gasteiger partial charge in [-0.05, 0) is 31.0 Å². The molecular weight excluding hydrogens is 275 g/mol. The highest BCUT2D eigenvalue weighted by Gasteiger charge is 2.42. The molecule has 3 aliphatic rings. The second kappa shape index (κ2) is 4.44. The average molecular weight is 290 g/mol. The van der Waals surface area contributed by atoms with Crippen LogP contribution in [-0.2, 0) is 16.0 Å². The molecule has 1 saturated carbocycles. The van der Waals surface area contributed by atoms with Gasteiger partial charge in [0.2, 0.25) is 5.91 Å². The Morgan fingerprint density at radius 2 is 2.14 bits per heavy atom. The highest BCUT2D eigenvalue weighted by atomic mass is 19.1. The molecule has 0 spiro atoms. The Morgan fingerprint density at radius 1 is 1.33 bits per heavy atom. The van der Waals surface area contributed by atoms with E-state index in [0.29, 0.717) is 30.4 Å². The fourth-order valence-corrected chi connectivity index (χ4v) is 2.98. The van der Waals surface area contributed by atoms with Gasteiger partial charge in [-0.25, -0.2) is 4.39 Å². The van der Waals surface area contributed by atoms with Crippen LogP contribution < -0.4 is 4.74 Å². The van der Waals surface area contributed by atoms with Gasteiger partial charge in [-0.2, -0.15) is 0 Å². The van der Waals surface area contributed by atoms with Gasteiger partial charge in [0.05, 0.1) is 6.67 Å². The van der Waals surface area contributed by atoms with E-state index in [2.05, 4.69) is 0 Å². The van der Waals surface area contributed by atoms with Crippen LogP contribution in [0.25, 0.3) is 0 Å². The van der Waals surface area contributed by atoms with E-state index < -0.39 is 6.10 Å². The summed E-state index contributed by atoms with van der Waals surface area (Å²) in [4.78, 5) is 27.7. The minimum atomic E-state index is -0.645. The van der Waals surface area contributed by atoms with Crippen LogP contribution in [0.15, 0.2) is 18.2 Å². The lowest BCUT2D eigenvalue weighted by atomic mass is 10.1. The number of hydrogen-bond acceptors (Lipinski definition) is 3. The molecule has 0 N–H and O–H groups in total. The van der Waals surface area contributed by atoms with Crippen molar-refractivity contribution >= 4 is 11.8 Å². The lowest BCUT2D eigenvalue weighted by Gasteiger charge is -2.20. The number of nitrogens with zero attached hydrogens (tertiary/aromatic N) is 2. The summed E-state index contributed by atoms with van der Waals surface area (Å²) in [5.41, 5.74) is 0.706. The van der Waals surface area contributed by atoms with Crippen molar-refractivity contribution < 1.29 is 18.7 Å². The van der Waals surface area contributed by atoms with Gasteiger partial charge < -0.3 is 14.5 Å². The number of hydrogen-bond donors (Lipinski definition) is 0. The van der Waals surface area contributed by atoms with Crippen LogP contribution in [0.2, 0.25) is 0 Å². The fraction of sp³-hybridized carbons (Fsp3) is 0.467. The Morgan fingerprint density at radius 3 is 2.90 bits per heavy atom. The molecule has 1 aromatic rings. The van der Waals surface area contributed by atoms with E-state index in [0.717, 1.165) is 12.8 Å². The zero-order valence-corrected chi connectivity index (χ0v) is 11.4. The Kier molecular flexibility index (Phi) is 2.67. The number of amides is 2. The third-order valence-electron chi connectivity index (χ3n) is 4.24. The third kappa shape index (κ3) is 2.14. The second-order valence-electron chi connectivity index (χ2n) is 5.83. The van der Waals surface area contributed by atoms with Crippen LogP contribution in [-0.4, -0.2) is 47.0 Å². The van der Waals surface area contributed by atoms with Crippen LogP contribution in [0.1, 0.15) is 18.4 Å². The van der Waals surface area contributed by atoms with Gasteiger partial charge in [0.25, 0.3) is 5.91 Å². The summed E-state index contributed by atoms with van der Waals surface area (Å²) >= 11 is 0. The highest BCUT2D eigenvalue weighted by Crippen LogP contribution is 2.32. The summed E-state index contributed by atoms with van der Waals surface area (Å²) < 4.78 is 18.8. The van der Waals surface area contributed by atoms with E-state index >= 15 is 0 Å². The maximum absolute atomic E-state index is 13.2. The number of halogens is 1. The van der Waals surface area contributed by atoms with Crippen molar-refractivity contribution in [2.45, 2.75) is 31.4 Å². The first-order valence-electron chi connectivity index (χ1n) is 7.15. The van der Waals surface area contributed by atoms with E-state index in [-0.39, 0.29) is 24.2 Å². The Balaban J connectivity index is 1.46. The van der Waals surface area contributed by atoms with Crippen molar-refractivity contribution in [1.29, 1.82) is 0 Å². The molecule has 0 bridgehead atoms. The summed E-state index contributed by atoms with van der Waals surface area (Å²) in [6, 6.07) is 4.57. The van der Waals surface area contributed by atoms with Crippen molar-refractivity contribution in [2.24, 2.45) is 0 Å². The van der Waals surface area contributed by atoms with Gasteiger partial charge in [0, 0.05) is 18.0 Å². The summed E-state index contributed by atoms with van der Waals surface area (Å²) in [7, 11) is 0. The molecule has 2 aliphatic heterocycles. The molecule has 2 fully saturated rings. The molecule has 110 valence electrons. The molecule has 1 aliphatic carbocycles. The van der Waals surface area contributed by atoms with E-state index in [9.17, 15) is 14.0 Å². The molecule has 2 amide bonds. The van der Waals surface area contributed by atoms with Gasteiger partial charge in [-0.1, -0.05) is 0 Å². The standard InChI is InChI=1S/C15H15FN2O3/c16-10-1-4-12-9(5-10)6-13(21-12)15(20)17-7-14(19)18(8-17)11-2-3-11/h1,4-5,11,13H,2-3,6-8H2. The molecule has 21 heavy (non-hydrogen) atoms. The van der Waals surface area contributed by atoms with Gasteiger partial charge in [-0.3, -0.25) is 9.59 Å². The summed E-state index contributed by atoms with van der Waals surface area (Å²) in [5, 5.41) is 0. The first-order valence-corrected chi connectivity index (χ1v) is 7.15. The first-order chi connectivity index (χ1) is 10.1. The predicted octanol–water partition coefficient (Wildman–Crippen LogP) is 0.920. The monoisotopic (exact) mass is 290 g/mol. The third-order valence-corrected chi connectivity index (χ3v) is 4.24. The molecule has 0 radical (unpaired) electrons.